The molecule has 1 amide bonds. The van der Waals surface area contributed by atoms with Crippen molar-refractivity contribution >= 4 is 34.2 Å². The minimum absolute atomic E-state index is 0.0514. The Hall–Kier alpha value is -4.41. The number of carbonyl (C=O) groups excluding carboxylic acids is 1. The van der Waals surface area contributed by atoms with Crippen LogP contribution in [-0.4, -0.2) is 40.7 Å². The number of benzene rings is 1. The van der Waals surface area contributed by atoms with E-state index in [1.165, 1.54) is 0 Å². The Bertz CT molecular complexity index is 1760. The maximum Gasteiger partial charge on any atom is 0.274 e. The van der Waals surface area contributed by atoms with E-state index in [-0.39, 0.29) is 11.5 Å². The second kappa shape index (κ2) is 9.96. The summed E-state index contributed by atoms with van der Waals surface area (Å²) < 4.78 is 1.65. The molecule has 0 spiro atoms. The minimum Gasteiger partial charge on any atom is -0.384 e. The summed E-state index contributed by atoms with van der Waals surface area (Å²) in [5.74, 6) is -0.586. The highest BCUT2D eigenvalue weighted by molar-refractivity contribution is 6.35. The Morgan fingerprint density at radius 3 is 2.45 bits per heavy atom. The lowest BCUT2D eigenvalue weighted by Gasteiger charge is -2.27. The quantitative estimate of drug-likeness (QED) is 0.275. The number of halogens is 1. The number of carbonyl (C=O) groups is 1. The van der Waals surface area contributed by atoms with Crippen LogP contribution in [0.3, 0.4) is 0 Å². The third-order valence-electron chi connectivity index (χ3n) is 6.47. The van der Waals surface area contributed by atoms with Crippen LogP contribution in [0, 0.1) is 0 Å². The first-order valence-electron chi connectivity index (χ1n) is 12.6. The van der Waals surface area contributed by atoms with Crippen molar-refractivity contribution in [2.45, 2.75) is 38.8 Å². The van der Waals surface area contributed by atoms with E-state index in [0.717, 1.165) is 5.39 Å². The van der Waals surface area contributed by atoms with Crippen molar-refractivity contribution in [3.63, 3.8) is 0 Å². The van der Waals surface area contributed by atoms with E-state index in [1.54, 1.807) is 68.3 Å². The van der Waals surface area contributed by atoms with Gasteiger partial charge in [-0.05, 0) is 64.1 Å². The first-order valence-corrected chi connectivity index (χ1v) is 13.0. The van der Waals surface area contributed by atoms with Crippen LogP contribution in [0.1, 0.15) is 49.6 Å². The third-order valence-corrected chi connectivity index (χ3v) is 6.76. The number of pyridine rings is 2. The summed E-state index contributed by atoms with van der Waals surface area (Å²) in [6, 6.07) is 14.4. The van der Waals surface area contributed by atoms with Crippen LogP contribution in [0.25, 0.3) is 33.5 Å². The zero-order chi connectivity index (χ0) is 28.8. The normalized spacial score (nSPS) is 12.1. The lowest BCUT2D eigenvalue weighted by Crippen LogP contribution is -2.42. The Balaban J connectivity index is 1.60. The molecule has 1 aromatic carbocycles. The molecule has 5 aromatic rings. The average Bonchev–Trinajstić information content (AvgIpc) is 3.34. The summed E-state index contributed by atoms with van der Waals surface area (Å²) >= 11 is 6.59. The fraction of sp³-hybridized carbons (Fsp3) is 0.241. The molecular weight excluding hydrogens is 528 g/mol. The van der Waals surface area contributed by atoms with Crippen LogP contribution in [0.5, 0.6) is 0 Å². The number of nitrogens with two attached hydrogens (primary N) is 1. The van der Waals surface area contributed by atoms with Gasteiger partial charge in [0.15, 0.2) is 11.5 Å². The summed E-state index contributed by atoms with van der Waals surface area (Å²) in [5, 5.41) is 19.1. The number of aryl methyl sites for hydroxylation is 1. The average molecular weight is 557 g/mol. The van der Waals surface area contributed by atoms with Gasteiger partial charge in [0.05, 0.1) is 33.2 Å². The van der Waals surface area contributed by atoms with Gasteiger partial charge in [-0.15, -0.1) is 0 Å². The topological polar surface area (TPSA) is 145 Å². The Labute approximate surface area is 236 Å². The van der Waals surface area contributed by atoms with Crippen LogP contribution in [0.15, 0.2) is 60.9 Å². The number of rotatable bonds is 6. The molecule has 0 aliphatic carbocycles. The molecule has 0 saturated heterocycles. The second-order valence-electron chi connectivity index (χ2n) is 10.6. The maximum absolute atomic E-state index is 13.6. The lowest BCUT2D eigenvalue weighted by atomic mass is 9.97. The molecule has 4 heterocycles. The molecule has 4 aromatic heterocycles. The molecule has 0 fully saturated rings. The van der Waals surface area contributed by atoms with Gasteiger partial charge in [0.2, 0.25) is 0 Å². The Kier molecular flexibility index (Phi) is 6.77. The third kappa shape index (κ3) is 5.23. The molecule has 0 bridgehead atoms. The summed E-state index contributed by atoms with van der Waals surface area (Å²) in [6.45, 7) is 6.93. The van der Waals surface area contributed by atoms with Crippen LogP contribution in [-0.2, 0) is 18.2 Å². The number of amides is 1. The van der Waals surface area contributed by atoms with E-state index in [4.69, 9.17) is 22.3 Å². The van der Waals surface area contributed by atoms with Gasteiger partial charge in [0.1, 0.15) is 17.0 Å². The monoisotopic (exact) mass is 556 g/mol. The van der Waals surface area contributed by atoms with E-state index in [2.05, 4.69) is 25.4 Å². The first kappa shape index (κ1) is 27.2. The van der Waals surface area contributed by atoms with Gasteiger partial charge < -0.3 is 16.2 Å². The number of nitrogens with one attached hydrogen (secondary N) is 1. The van der Waals surface area contributed by atoms with Gasteiger partial charge >= 0.3 is 0 Å². The summed E-state index contributed by atoms with van der Waals surface area (Å²) in [7, 11) is 1.80. The largest absolute Gasteiger partial charge is 0.384 e. The van der Waals surface area contributed by atoms with Crippen molar-refractivity contribution in [3.8, 4) is 22.6 Å². The number of hydrogen-bond acceptors (Lipinski definition) is 8. The van der Waals surface area contributed by atoms with Gasteiger partial charge in [-0.25, -0.2) is 9.97 Å². The molecule has 40 heavy (non-hydrogen) atoms. The van der Waals surface area contributed by atoms with Crippen molar-refractivity contribution in [1.29, 1.82) is 0 Å². The van der Waals surface area contributed by atoms with E-state index in [9.17, 15) is 9.90 Å². The van der Waals surface area contributed by atoms with Crippen LogP contribution >= 0.6 is 11.6 Å². The fourth-order valence-corrected chi connectivity index (χ4v) is 4.63. The fourth-order valence-electron chi connectivity index (χ4n) is 4.35. The second-order valence-corrected chi connectivity index (χ2v) is 11.0. The number of anilines is 1. The van der Waals surface area contributed by atoms with Gasteiger partial charge in [-0.2, -0.15) is 5.10 Å². The molecule has 11 heteroatoms. The van der Waals surface area contributed by atoms with Crippen molar-refractivity contribution in [2.24, 2.45) is 7.05 Å². The number of aromatic nitrogens is 6. The zero-order valence-electron chi connectivity index (χ0n) is 22.8. The van der Waals surface area contributed by atoms with E-state index in [1.807, 2.05) is 32.0 Å². The van der Waals surface area contributed by atoms with E-state index >= 15 is 0 Å². The van der Waals surface area contributed by atoms with Crippen molar-refractivity contribution in [3.05, 3.63) is 83.0 Å². The smallest absolute Gasteiger partial charge is 0.274 e. The number of nitrogens with zero attached hydrogens (tertiary/aromatic N) is 6. The standard InChI is InChI=1S/C29H29ClN8O2/c1-28(2,20-9-6-10-21(33-20)29(3,4)40)36-27(39)25-26(31)35-24(19-11-13-38(5)37-19)23(34-25)17-14-16-8-7-12-32-22(16)18(30)15-17/h6-15,40H,1-5H3,(H2,31,35)(H,36,39). The molecule has 0 aliphatic heterocycles. The molecule has 0 atom stereocenters. The summed E-state index contributed by atoms with van der Waals surface area (Å²) in [5.41, 5.74) is 7.87. The zero-order valence-corrected chi connectivity index (χ0v) is 23.5. The number of nitrogen functional groups attached to an aromatic ring is 1. The molecule has 10 nitrogen and oxygen atoms in total. The maximum atomic E-state index is 13.6. The SMILES string of the molecule is Cn1ccc(-c2nc(N)c(C(=O)NC(C)(C)c3cccc(C(C)(C)O)n3)nc2-c2cc(Cl)c3ncccc3c2)n1. The van der Waals surface area contributed by atoms with Crippen molar-refractivity contribution in [1.82, 2.24) is 35.0 Å². The molecule has 0 aliphatic rings. The molecule has 204 valence electrons. The van der Waals surface area contributed by atoms with Crippen molar-refractivity contribution < 1.29 is 9.90 Å². The van der Waals surface area contributed by atoms with Gasteiger partial charge in [0.25, 0.3) is 5.91 Å². The van der Waals surface area contributed by atoms with Gasteiger partial charge in [-0.1, -0.05) is 23.7 Å². The predicted octanol–water partition coefficient (Wildman–Crippen LogP) is 4.62. The number of aliphatic hydroxyl groups is 1. The number of fused-ring (bicyclic) bond motifs is 1. The Morgan fingerprint density at radius 1 is 1.00 bits per heavy atom. The molecule has 4 N–H and O–H groups in total. The van der Waals surface area contributed by atoms with E-state index in [0.29, 0.717) is 44.6 Å². The highest BCUT2D eigenvalue weighted by atomic mass is 35.5. The lowest BCUT2D eigenvalue weighted by molar-refractivity contribution is 0.0732. The van der Waals surface area contributed by atoms with Crippen LogP contribution in [0.2, 0.25) is 5.02 Å². The molecule has 5 rings (SSSR count). The molecule has 0 saturated carbocycles. The predicted molar refractivity (Wildman–Crippen MR) is 154 cm³/mol. The van der Waals surface area contributed by atoms with Gasteiger partial charge in [-0.3, -0.25) is 19.4 Å². The Morgan fingerprint density at radius 2 is 1.75 bits per heavy atom. The molecular formula is C29H29ClN8O2. The molecule has 0 radical (unpaired) electrons. The first-order chi connectivity index (χ1) is 18.8. The summed E-state index contributed by atoms with van der Waals surface area (Å²) in [4.78, 5) is 31.9. The van der Waals surface area contributed by atoms with Crippen molar-refractivity contribution in [2.75, 3.05) is 5.73 Å². The van der Waals surface area contributed by atoms with E-state index < -0.39 is 17.0 Å². The summed E-state index contributed by atoms with van der Waals surface area (Å²) in [6.07, 6.45) is 3.46. The highest BCUT2D eigenvalue weighted by Gasteiger charge is 2.30. The van der Waals surface area contributed by atoms with Gasteiger partial charge in [0, 0.05) is 30.4 Å². The van der Waals surface area contributed by atoms with Crippen LogP contribution < -0.4 is 11.1 Å². The molecule has 0 unspecified atom stereocenters. The highest BCUT2D eigenvalue weighted by Crippen LogP contribution is 2.34. The minimum atomic E-state index is -1.14. The number of hydrogen-bond donors (Lipinski definition) is 3. The van der Waals surface area contributed by atoms with Crippen LogP contribution in [0.4, 0.5) is 5.82 Å².